The molecule has 130 valence electrons. The van der Waals surface area contributed by atoms with Crippen molar-refractivity contribution in [1.82, 2.24) is 10.4 Å². The number of hydrazine groups is 1. The van der Waals surface area contributed by atoms with Crippen LogP contribution >= 0.6 is 11.6 Å². The number of aryl methyl sites for hydroxylation is 1. The van der Waals surface area contributed by atoms with Gasteiger partial charge < -0.3 is 0 Å². The summed E-state index contributed by atoms with van der Waals surface area (Å²) in [5.74, 6) is -0.873. The summed E-state index contributed by atoms with van der Waals surface area (Å²) in [6.45, 7) is 1.36. The normalized spacial score (nSPS) is 10.9. The van der Waals surface area contributed by atoms with Crippen LogP contribution in [-0.2, 0) is 17.4 Å². The predicted molar refractivity (Wildman–Crippen MR) is 85.6 cm³/mol. The van der Waals surface area contributed by atoms with Crippen molar-refractivity contribution in [1.29, 1.82) is 5.26 Å². The number of anilines is 1. The number of halogens is 4. The lowest BCUT2D eigenvalue weighted by Gasteiger charge is -2.14. The Labute approximate surface area is 146 Å². The average Bonchev–Trinajstić information content (AvgIpc) is 2.53. The standard InChI is InChI=1S/C16H12ClF3N4O/c1-9-6-13(16(18,19)20)22-15(12(9)8-21)24-23-14(25)7-10-2-4-11(17)5-3-10/h2-6H,7H2,1H3,(H,22,24)(H,23,25). The number of carbonyl (C=O) groups is 1. The number of carbonyl (C=O) groups excluding carboxylic acids is 1. The Hall–Kier alpha value is -2.79. The van der Waals surface area contributed by atoms with E-state index in [-0.39, 0.29) is 23.4 Å². The molecule has 5 nitrogen and oxygen atoms in total. The van der Waals surface area contributed by atoms with Crippen molar-refractivity contribution in [2.75, 3.05) is 5.43 Å². The third-order valence-electron chi connectivity index (χ3n) is 3.22. The highest BCUT2D eigenvalue weighted by atomic mass is 35.5. The van der Waals surface area contributed by atoms with Gasteiger partial charge in [-0.1, -0.05) is 23.7 Å². The summed E-state index contributed by atoms with van der Waals surface area (Å²) in [6.07, 6.45) is -4.69. The Kier molecular flexibility index (Phi) is 5.49. The van der Waals surface area contributed by atoms with Gasteiger partial charge in [0.2, 0.25) is 5.91 Å². The molecule has 2 aromatic rings. The SMILES string of the molecule is Cc1cc(C(F)(F)F)nc(NNC(=O)Cc2ccc(Cl)cc2)c1C#N. The molecule has 1 aromatic carbocycles. The minimum Gasteiger partial charge on any atom is -0.281 e. The topological polar surface area (TPSA) is 77.8 Å². The van der Waals surface area contributed by atoms with E-state index in [1.807, 2.05) is 0 Å². The molecule has 25 heavy (non-hydrogen) atoms. The molecule has 0 unspecified atom stereocenters. The number of nitriles is 1. The van der Waals surface area contributed by atoms with Gasteiger partial charge in [-0.25, -0.2) is 4.98 Å². The van der Waals surface area contributed by atoms with Crippen LogP contribution in [0.15, 0.2) is 30.3 Å². The van der Waals surface area contributed by atoms with Gasteiger partial charge in [-0.15, -0.1) is 0 Å². The lowest BCUT2D eigenvalue weighted by Crippen LogP contribution is -2.32. The van der Waals surface area contributed by atoms with Crippen LogP contribution in [0.5, 0.6) is 0 Å². The maximum atomic E-state index is 12.8. The van der Waals surface area contributed by atoms with Crippen LogP contribution in [0.1, 0.15) is 22.4 Å². The van der Waals surface area contributed by atoms with Crippen molar-refractivity contribution in [3.63, 3.8) is 0 Å². The van der Waals surface area contributed by atoms with Gasteiger partial charge in [-0.05, 0) is 36.2 Å². The molecule has 0 atom stereocenters. The molecular weight excluding hydrogens is 357 g/mol. The van der Waals surface area contributed by atoms with Crippen LogP contribution in [-0.4, -0.2) is 10.9 Å². The van der Waals surface area contributed by atoms with Crippen LogP contribution in [0.3, 0.4) is 0 Å². The zero-order valence-corrected chi connectivity index (χ0v) is 13.7. The van der Waals surface area contributed by atoms with Crippen LogP contribution in [0, 0.1) is 18.3 Å². The molecule has 9 heteroatoms. The van der Waals surface area contributed by atoms with Gasteiger partial charge in [-0.2, -0.15) is 18.4 Å². The first-order valence-electron chi connectivity index (χ1n) is 6.99. The third-order valence-corrected chi connectivity index (χ3v) is 3.47. The van der Waals surface area contributed by atoms with Gasteiger partial charge in [0.15, 0.2) is 5.82 Å². The molecule has 0 radical (unpaired) electrons. The van der Waals surface area contributed by atoms with E-state index in [2.05, 4.69) is 15.8 Å². The molecule has 0 aliphatic heterocycles. The van der Waals surface area contributed by atoms with Gasteiger partial charge in [0.1, 0.15) is 11.8 Å². The highest BCUT2D eigenvalue weighted by Crippen LogP contribution is 2.30. The second-order valence-electron chi connectivity index (χ2n) is 5.13. The van der Waals surface area contributed by atoms with Crippen LogP contribution in [0.25, 0.3) is 0 Å². The number of nitrogens with one attached hydrogen (secondary N) is 2. The summed E-state index contributed by atoms with van der Waals surface area (Å²) >= 11 is 5.75. The van der Waals surface area contributed by atoms with Crippen molar-refractivity contribution < 1.29 is 18.0 Å². The van der Waals surface area contributed by atoms with Crippen LogP contribution in [0.4, 0.5) is 19.0 Å². The van der Waals surface area contributed by atoms with E-state index in [9.17, 15) is 18.0 Å². The average molecular weight is 369 g/mol. The largest absolute Gasteiger partial charge is 0.433 e. The highest BCUT2D eigenvalue weighted by Gasteiger charge is 2.34. The van der Waals surface area contributed by atoms with Crippen molar-refractivity contribution in [3.8, 4) is 6.07 Å². The molecule has 0 bridgehead atoms. The lowest BCUT2D eigenvalue weighted by molar-refractivity contribution is -0.141. The zero-order valence-electron chi connectivity index (χ0n) is 12.9. The van der Waals surface area contributed by atoms with E-state index < -0.39 is 17.8 Å². The van der Waals surface area contributed by atoms with Crippen LogP contribution in [0.2, 0.25) is 5.02 Å². The summed E-state index contributed by atoms with van der Waals surface area (Å²) in [5.41, 5.74) is 4.05. The van der Waals surface area contributed by atoms with Gasteiger partial charge in [-0.3, -0.25) is 15.6 Å². The number of aromatic nitrogens is 1. The molecular formula is C16H12ClF3N4O. The van der Waals surface area contributed by atoms with E-state index in [0.717, 1.165) is 6.07 Å². The monoisotopic (exact) mass is 368 g/mol. The molecule has 2 N–H and O–H groups in total. The van der Waals surface area contributed by atoms with Gasteiger partial charge in [0, 0.05) is 5.02 Å². The maximum Gasteiger partial charge on any atom is 0.433 e. The molecule has 0 saturated heterocycles. The summed E-state index contributed by atoms with van der Waals surface area (Å²) in [6, 6.07) is 9.07. The van der Waals surface area contributed by atoms with Crippen LogP contribution < -0.4 is 10.9 Å². The first kappa shape index (κ1) is 18.5. The Morgan fingerprint density at radius 1 is 1.32 bits per heavy atom. The van der Waals surface area contributed by atoms with Crippen molar-refractivity contribution >= 4 is 23.3 Å². The molecule has 0 fully saturated rings. The van der Waals surface area contributed by atoms with Crippen molar-refractivity contribution in [2.45, 2.75) is 19.5 Å². The highest BCUT2D eigenvalue weighted by molar-refractivity contribution is 6.30. The lowest BCUT2D eigenvalue weighted by atomic mass is 10.1. The molecule has 1 aromatic heterocycles. The Bertz CT molecular complexity index is 829. The number of rotatable bonds is 4. The smallest absolute Gasteiger partial charge is 0.281 e. The molecule has 1 amide bonds. The minimum absolute atomic E-state index is 0.0238. The van der Waals surface area contributed by atoms with E-state index >= 15 is 0 Å². The Morgan fingerprint density at radius 3 is 2.52 bits per heavy atom. The molecule has 0 aliphatic rings. The third kappa shape index (κ3) is 4.84. The van der Waals surface area contributed by atoms with Gasteiger partial charge in [0.25, 0.3) is 0 Å². The predicted octanol–water partition coefficient (Wildman–Crippen LogP) is 3.62. The number of alkyl halides is 3. The maximum absolute atomic E-state index is 12.8. The summed E-state index contributed by atoms with van der Waals surface area (Å²) in [5, 5.41) is 9.60. The first-order valence-corrected chi connectivity index (χ1v) is 7.36. The molecule has 2 rings (SSSR count). The second kappa shape index (κ2) is 7.40. The number of pyridine rings is 1. The number of nitrogens with zero attached hydrogens (tertiary/aromatic N) is 2. The van der Waals surface area contributed by atoms with E-state index in [1.54, 1.807) is 30.3 Å². The van der Waals surface area contributed by atoms with Gasteiger partial charge >= 0.3 is 6.18 Å². The quantitative estimate of drug-likeness (QED) is 0.808. The second-order valence-corrected chi connectivity index (χ2v) is 5.57. The summed E-state index contributed by atoms with van der Waals surface area (Å²) < 4.78 is 38.5. The molecule has 0 aliphatic carbocycles. The van der Waals surface area contributed by atoms with E-state index in [0.29, 0.717) is 10.6 Å². The van der Waals surface area contributed by atoms with Crippen molar-refractivity contribution in [3.05, 3.63) is 57.7 Å². The summed E-state index contributed by atoms with van der Waals surface area (Å²) in [4.78, 5) is 15.3. The molecule has 0 saturated carbocycles. The fourth-order valence-electron chi connectivity index (χ4n) is 2.01. The molecule has 0 spiro atoms. The zero-order chi connectivity index (χ0) is 18.6. The number of amides is 1. The summed E-state index contributed by atoms with van der Waals surface area (Å²) in [7, 11) is 0. The number of hydrogen-bond acceptors (Lipinski definition) is 4. The van der Waals surface area contributed by atoms with Gasteiger partial charge in [0.05, 0.1) is 12.0 Å². The number of hydrogen-bond donors (Lipinski definition) is 2. The minimum atomic E-state index is -4.66. The fraction of sp³-hybridized carbons (Fsp3) is 0.188. The number of benzene rings is 1. The fourth-order valence-corrected chi connectivity index (χ4v) is 2.14. The Balaban J connectivity index is 2.13. The van der Waals surface area contributed by atoms with Crippen molar-refractivity contribution in [2.24, 2.45) is 0 Å². The van der Waals surface area contributed by atoms with E-state index in [4.69, 9.17) is 16.9 Å². The molecule has 1 heterocycles. The first-order chi connectivity index (χ1) is 11.7. The van der Waals surface area contributed by atoms with E-state index in [1.165, 1.54) is 6.92 Å². The Morgan fingerprint density at radius 2 is 1.96 bits per heavy atom.